The zero-order valence-corrected chi connectivity index (χ0v) is 9.98. The molecule has 3 N–H and O–H groups in total. The number of aromatic nitrogens is 1. The van der Waals surface area contributed by atoms with E-state index < -0.39 is 0 Å². The summed E-state index contributed by atoms with van der Waals surface area (Å²) in [6.07, 6.45) is 4.66. The van der Waals surface area contributed by atoms with Crippen molar-refractivity contribution in [2.24, 2.45) is 0 Å². The molecule has 0 saturated carbocycles. The second kappa shape index (κ2) is 5.34. The van der Waals surface area contributed by atoms with Gasteiger partial charge in [-0.25, -0.2) is 0 Å². The van der Waals surface area contributed by atoms with Crippen LogP contribution in [0.2, 0.25) is 0 Å². The Labute approximate surface area is 102 Å². The first-order valence-electron chi connectivity index (χ1n) is 5.74. The van der Waals surface area contributed by atoms with Crippen LogP contribution in [0.1, 0.15) is 11.1 Å². The maximum absolute atomic E-state index is 5.71. The molecule has 88 valence electrons. The molecule has 3 nitrogen and oxygen atoms in total. The zero-order chi connectivity index (χ0) is 12.1. The van der Waals surface area contributed by atoms with Gasteiger partial charge < -0.3 is 11.1 Å². The quantitative estimate of drug-likeness (QED) is 0.789. The van der Waals surface area contributed by atoms with E-state index in [2.05, 4.69) is 23.3 Å². The van der Waals surface area contributed by atoms with Crippen molar-refractivity contribution in [3.05, 3.63) is 53.9 Å². The van der Waals surface area contributed by atoms with Gasteiger partial charge >= 0.3 is 0 Å². The number of rotatable bonds is 4. The van der Waals surface area contributed by atoms with Gasteiger partial charge in [0.25, 0.3) is 0 Å². The number of nitrogens with zero attached hydrogens (tertiary/aromatic N) is 1. The van der Waals surface area contributed by atoms with Gasteiger partial charge in [0.15, 0.2) is 0 Å². The molecular formula is C14H17N3. The maximum atomic E-state index is 5.71. The maximum Gasteiger partial charge on any atom is 0.0371 e. The molecule has 0 amide bonds. The highest BCUT2D eigenvalue weighted by Gasteiger charge is 1.98. The number of nitrogens with one attached hydrogen (secondary N) is 1. The predicted octanol–water partition coefficient (Wildman–Crippen LogP) is 2.63. The third kappa shape index (κ3) is 3.21. The van der Waals surface area contributed by atoms with Gasteiger partial charge in [0.1, 0.15) is 0 Å². The molecule has 2 rings (SSSR count). The molecule has 1 aromatic carbocycles. The number of nitrogen functional groups attached to an aromatic ring is 1. The number of nitrogens with two attached hydrogens (primary N) is 1. The SMILES string of the molecule is Cc1cc(N)ccc1NCCc1cccnc1. The zero-order valence-electron chi connectivity index (χ0n) is 9.98. The van der Waals surface area contributed by atoms with Gasteiger partial charge in [-0.3, -0.25) is 4.98 Å². The highest BCUT2D eigenvalue weighted by atomic mass is 14.9. The molecule has 1 aromatic heterocycles. The molecule has 0 aliphatic carbocycles. The lowest BCUT2D eigenvalue weighted by Gasteiger charge is -2.09. The first-order chi connectivity index (χ1) is 8.25. The highest BCUT2D eigenvalue weighted by Crippen LogP contribution is 2.17. The second-order valence-electron chi connectivity index (χ2n) is 4.11. The number of anilines is 2. The average molecular weight is 227 g/mol. The van der Waals surface area contributed by atoms with Crippen LogP contribution in [0.15, 0.2) is 42.7 Å². The summed E-state index contributed by atoms with van der Waals surface area (Å²) in [5.74, 6) is 0. The van der Waals surface area contributed by atoms with Crippen LogP contribution in [0.25, 0.3) is 0 Å². The minimum Gasteiger partial charge on any atom is -0.399 e. The lowest BCUT2D eigenvalue weighted by atomic mass is 10.1. The van der Waals surface area contributed by atoms with Crippen LogP contribution in [0.5, 0.6) is 0 Å². The third-order valence-corrected chi connectivity index (χ3v) is 2.70. The van der Waals surface area contributed by atoms with Crippen molar-refractivity contribution in [1.82, 2.24) is 4.98 Å². The smallest absolute Gasteiger partial charge is 0.0371 e. The molecular weight excluding hydrogens is 210 g/mol. The van der Waals surface area contributed by atoms with E-state index in [0.29, 0.717) is 0 Å². The Bertz CT molecular complexity index is 480. The van der Waals surface area contributed by atoms with E-state index in [1.54, 1.807) is 6.20 Å². The van der Waals surface area contributed by atoms with Crippen molar-refractivity contribution in [3.63, 3.8) is 0 Å². The first-order valence-corrected chi connectivity index (χ1v) is 5.74. The lowest BCUT2D eigenvalue weighted by molar-refractivity contribution is 1.00. The molecule has 17 heavy (non-hydrogen) atoms. The molecule has 0 spiro atoms. The molecule has 0 aliphatic heterocycles. The Morgan fingerprint density at radius 2 is 2.18 bits per heavy atom. The van der Waals surface area contributed by atoms with Crippen LogP contribution < -0.4 is 11.1 Å². The molecule has 0 atom stereocenters. The summed E-state index contributed by atoms with van der Waals surface area (Å²) in [6.45, 7) is 2.96. The summed E-state index contributed by atoms with van der Waals surface area (Å²) >= 11 is 0. The standard InChI is InChI=1S/C14H17N3/c1-11-9-13(15)4-5-14(11)17-8-6-12-3-2-7-16-10-12/h2-5,7,9-10,17H,6,8,15H2,1H3. The van der Waals surface area contributed by atoms with Crippen molar-refractivity contribution in [3.8, 4) is 0 Å². The van der Waals surface area contributed by atoms with Crippen molar-refractivity contribution >= 4 is 11.4 Å². The van der Waals surface area contributed by atoms with Crippen LogP contribution in [0.4, 0.5) is 11.4 Å². The number of hydrogen-bond acceptors (Lipinski definition) is 3. The van der Waals surface area contributed by atoms with Crippen molar-refractivity contribution in [2.45, 2.75) is 13.3 Å². The monoisotopic (exact) mass is 227 g/mol. The minimum absolute atomic E-state index is 0.806. The van der Waals surface area contributed by atoms with Crippen LogP contribution >= 0.6 is 0 Å². The summed E-state index contributed by atoms with van der Waals surface area (Å²) in [6, 6.07) is 9.97. The van der Waals surface area contributed by atoms with Gasteiger partial charge in [0.05, 0.1) is 0 Å². The summed E-state index contributed by atoms with van der Waals surface area (Å²) < 4.78 is 0. The van der Waals surface area contributed by atoms with Gasteiger partial charge in [-0.05, 0) is 48.7 Å². The number of aryl methyl sites for hydroxylation is 1. The van der Waals surface area contributed by atoms with E-state index >= 15 is 0 Å². The summed E-state index contributed by atoms with van der Waals surface area (Å²) in [5, 5.41) is 3.41. The number of benzene rings is 1. The molecule has 2 aromatic rings. The van der Waals surface area contributed by atoms with E-state index in [1.807, 2.05) is 30.5 Å². The van der Waals surface area contributed by atoms with Crippen LogP contribution in [0.3, 0.4) is 0 Å². The number of hydrogen-bond donors (Lipinski definition) is 2. The van der Waals surface area contributed by atoms with Crippen LogP contribution in [0, 0.1) is 6.92 Å². The third-order valence-electron chi connectivity index (χ3n) is 2.70. The van der Waals surface area contributed by atoms with E-state index in [4.69, 9.17) is 5.73 Å². The Morgan fingerprint density at radius 3 is 2.88 bits per heavy atom. The van der Waals surface area contributed by atoms with E-state index in [0.717, 1.165) is 24.3 Å². The molecule has 0 radical (unpaired) electrons. The fraction of sp³-hybridized carbons (Fsp3) is 0.214. The van der Waals surface area contributed by atoms with Gasteiger partial charge in [0.2, 0.25) is 0 Å². The summed E-state index contributed by atoms with van der Waals surface area (Å²) in [7, 11) is 0. The molecule has 0 saturated heterocycles. The lowest BCUT2D eigenvalue weighted by Crippen LogP contribution is -2.06. The minimum atomic E-state index is 0.806. The first kappa shape index (κ1) is 11.5. The average Bonchev–Trinajstić information content (AvgIpc) is 2.33. The Kier molecular flexibility index (Phi) is 3.60. The second-order valence-corrected chi connectivity index (χ2v) is 4.11. The highest BCUT2D eigenvalue weighted by molar-refractivity contribution is 5.57. The summed E-state index contributed by atoms with van der Waals surface area (Å²) in [5.41, 5.74) is 10.1. The van der Waals surface area contributed by atoms with Gasteiger partial charge in [-0.2, -0.15) is 0 Å². The Hall–Kier alpha value is -2.03. The normalized spacial score (nSPS) is 10.2. The fourth-order valence-electron chi connectivity index (χ4n) is 1.77. The van der Waals surface area contributed by atoms with Crippen molar-refractivity contribution in [1.29, 1.82) is 0 Å². The Morgan fingerprint density at radius 1 is 1.29 bits per heavy atom. The molecule has 1 heterocycles. The van der Waals surface area contributed by atoms with Crippen molar-refractivity contribution < 1.29 is 0 Å². The van der Waals surface area contributed by atoms with Crippen LogP contribution in [-0.2, 0) is 6.42 Å². The largest absolute Gasteiger partial charge is 0.399 e. The fourth-order valence-corrected chi connectivity index (χ4v) is 1.77. The molecule has 3 heteroatoms. The van der Waals surface area contributed by atoms with E-state index in [-0.39, 0.29) is 0 Å². The van der Waals surface area contributed by atoms with Crippen molar-refractivity contribution in [2.75, 3.05) is 17.6 Å². The van der Waals surface area contributed by atoms with Gasteiger partial charge in [0, 0.05) is 30.3 Å². The molecule has 0 aliphatic rings. The number of pyridine rings is 1. The predicted molar refractivity (Wildman–Crippen MR) is 72.0 cm³/mol. The van der Waals surface area contributed by atoms with Gasteiger partial charge in [-0.1, -0.05) is 6.07 Å². The molecule has 0 bridgehead atoms. The molecule has 0 unspecified atom stereocenters. The Balaban J connectivity index is 1.90. The van der Waals surface area contributed by atoms with E-state index in [1.165, 1.54) is 11.1 Å². The topological polar surface area (TPSA) is 50.9 Å². The van der Waals surface area contributed by atoms with E-state index in [9.17, 15) is 0 Å². The molecule has 0 fully saturated rings. The van der Waals surface area contributed by atoms with Gasteiger partial charge in [-0.15, -0.1) is 0 Å². The summed E-state index contributed by atoms with van der Waals surface area (Å²) in [4.78, 5) is 4.10. The van der Waals surface area contributed by atoms with Crippen LogP contribution in [-0.4, -0.2) is 11.5 Å².